The SMILES string of the molecule is C[C@@H]1C[C@H]([C@@]2(O)O[C@H]3C[C@H]4[C@@H]5CC=C6C[C@@H](O[C@@H]7O[C@H](CO)[C@@H](O)[C@H](O[C@@H]8OC[C@@H](O)[C@H](O)[C@H]8O)[C@H]7O[C@@H]7O[C@@H](C)[C@H](O)[C@@H](O)[C@H]7O)CC[C@]6(C)[C@H]5CC[C@]4(C)[C@H]3[C@@H]2C)O[C@H]1O[C@@H]1O[C@H](CO)[C@@H](O)[C@H](O)[C@H]1O. The highest BCUT2D eigenvalue weighted by atomic mass is 16.8. The molecule has 6 aliphatic heterocycles. The van der Waals surface area contributed by atoms with E-state index in [2.05, 4.69) is 19.9 Å². The molecule has 13 N–H and O–H groups in total. The average Bonchev–Trinajstić information content (AvgIpc) is 3.98. The number of fused-ring (bicyclic) bond motifs is 7. The molecule has 0 bridgehead atoms. The monoisotopic (exact) mass is 1050 g/mol. The number of rotatable bonds is 11. The first-order valence-electron chi connectivity index (χ1n) is 26.5. The van der Waals surface area contributed by atoms with E-state index in [1.54, 1.807) is 0 Å². The van der Waals surface area contributed by atoms with Gasteiger partial charge < -0.3 is 114 Å². The van der Waals surface area contributed by atoms with Gasteiger partial charge in [-0.15, -0.1) is 0 Å². The number of hydrogen-bond acceptors (Lipinski definition) is 23. The first-order valence-corrected chi connectivity index (χ1v) is 26.5. The van der Waals surface area contributed by atoms with Gasteiger partial charge in [-0.25, -0.2) is 0 Å². The Balaban J connectivity index is 0.823. The van der Waals surface area contributed by atoms with Gasteiger partial charge in [0.15, 0.2) is 37.2 Å². The van der Waals surface area contributed by atoms with Crippen LogP contribution in [0.3, 0.4) is 0 Å². The maximum absolute atomic E-state index is 12.5. The Morgan fingerprint density at radius 3 is 1.97 bits per heavy atom. The van der Waals surface area contributed by atoms with Crippen molar-refractivity contribution in [3.63, 3.8) is 0 Å². The first-order chi connectivity index (χ1) is 34.5. The molecule has 10 aliphatic rings. The second kappa shape index (κ2) is 20.8. The van der Waals surface area contributed by atoms with E-state index in [9.17, 15) is 66.4 Å². The van der Waals surface area contributed by atoms with Crippen LogP contribution in [0.5, 0.6) is 0 Å². The van der Waals surface area contributed by atoms with E-state index in [0.717, 1.165) is 32.1 Å². The van der Waals surface area contributed by atoms with E-state index in [4.69, 9.17) is 47.4 Å². The number of hydrogen-bond donors (Lipinski definition) is 13. The molecule has 0 aromatic carbocycles. The normalized spacial score (nSPS) is 58.2. The highest BCUT2D eigenvalue weighted by Crippen LogP contribution is 2.70. The van der Waals surface area contributed by atoms with Crippen LogP contribution in [-0.4, -0.2) is 233 Å². The molecule has 0 aromatic rings. The summed E-state index contributed by atoms with van der Waals surface area (Å²) in [5.74, 6) is -1.14. The fourth-order valence-electron chi connectivity index (χ4n) is 15.3. The predicted octanol–water partition coefficient (Wildman–Crippen LogP) is -3.03. The van der Waals surface area contributed by atoms with Crippen molar-refractivity contribution in [1.29, 1.82) is 0 Å². The molecule has 0 radical (unpaired) electrons. The lowest BCUT2D eigenvalue weighted by Crippen LogP contribution is -2.66. The van der Waals surface area contributed by atoms with Crippen LogP contribution in [0.25, 0.3) is 0 Å². The molecule has 4 aliphatic carbocycles. The molecule has 23 heteroatoms. The summed E-state index contributed by atoms with van der Waals surface area (Å²) in [6, 6.07) is 0. The molecular formula is C50H80O23. The van der Waals surface area contributed by atoms with Gasteiger partial charge in [0.05, 0.1) is 38.1 Å². The van der Waals surface area contributed by atoms with Gasteiger partial charge in [-0.1, -0.05) is 39.3 Å². The van der Waals surface area contributed by atoms with Gasteiger partial charge in [0.1, 0.15) is 91.6 Å². The summed E-state index contributed by atoms with van der Waals surface area (Å²) in [7, 11) is 0. The van der Waals surface area contributed by atoms with Crippen LogP contribution >= 0.6 is 0 Å². The summed E-state index contributed by atoms with van der Waals surface area (Å²) >= 11 is 0. The topological polar surface area (TPSA) is 355 Å². The van der Waals surface area contributed by atoms with E-state index < -0.39 is 161 Å². The quantitative estimate of drug-likeness (QED) is 0.0916. The molecule has 0 spiro atoms. The fraction of sp³-hybridized carbons (Fsp3) is 0.960. The zero-order valence-electron chi connectivity index (χ0n) is 42.0. The van der Waals surface area contributed by atoms with Crippen molar-refractivity contribution in [2.45, 2.75) is 233 Å². The van der Waals surface area contributed by atoms with E-state index in [1.807, 2.05) is 13.8 Å². The molecule has 418 valence electrons. The largest absolute Gasteiger partial charge is 0.394 e. The summed E-state index contributed by atoms with van der Waals surface area (Å²) < 4.78 is 61.3. The number of allylic oxidation sites excluding steroid dienone is 1. The van der Waals surface area contributed by atoms with Crippen molar-refractivity contribution in [3.05, 3.63) is 11.6 Å². The molecular weight excluding hydrogens is 969 g/mol. The number of ether oxygens (including phenoxy) is 10. The number of aliphatic hydroxyl groups excluding tert-OH is 12. The smallest absolute Gasteiger partial charge is 0.195 e. The molecule has 6 saturated heterocycles. The minimum atomic E-state index is -1.77. The van der Waals surface area contributed by atoms with E-state index in [1.165, 1.54) is 12.5 Å². The van der Waals surface area contributed by atoms with Crippen molar-refractivity contribution in [2.75, 3.05) is 19.8 Å². The summed E-state index contributed by atoms with van der Waals surface area (Å²) in [6.07, 6.45) is -22.8. The zero-order chi connectivity index (χ0) is 52.4. The van der Waals surface area contributed by atoms with Crippen molar-refractivity contribution >= 4 is 0 Å². The van der Waals surface area contributed by atoms with Crippen LogP contribution in [0.2, 0.25) is 0 Å². The van der Waals surface area contributed by atoms with Gasteiger partial charge in [-0.3, -0.25) is 0 Å². The highest BCUT2D eigenvalue weighted by Gasteiger charge is 2.70. The molecule has 9 fully saturated rings. The Labute approximate surface area is 423 Å². The first kappa shape index (κ1) is 55.1. The molecule has 73 heavy (non-hydrogen) atoms. The fourth-order valence-corrected chi connectivity index (χ4v) is 15.3. The van der Waals surface area contributed by atoms with Gasteiger partial charge in [-0.05, 0) is 92.8 Å². The van der Waals surface area contributed by atoms with Crippen LogP contribution < -0.4 is 0 Å². The molecule has 6 heterocycles. The lowest BCUT2D eigenvalue weighted by molar-refractivity contribution is -0.390. The molecule has 3 saturated carbocycles. The highest BCUT2D eigenvalue weighted by molar-refractivity contribution is 5.26. The van der Waals surface area contributed by atoms with Gasteiger partial charge in [-0.2, -0.15) is 0 Å². The summed E-state index contributed by atoms with van der Waals surface area (Å²) in [4.78, 5) is 0. The Morgan fingerprint density at radius 1 is 0.616 bits per heavy atom. The summed E-state index contributed by atoms with van der Waals surface area (Å²) in [5.41, 5.74) is 0.915. The summed E-state index contributed by atoms with van der Waals surface area (Å²) in [6.45, 7) is 8.39. The Bertz CT molecular complexity index is 1950. The Morgan fingerprint density at radius 2 is 1.26 bits per heavy atom. The van der Waals surface area contributed by atoms with Crippen molar-refractivity contribution in [2.24, 2.45) is 46.3 Å². The third-order valence-corrected chi connectivity index (χ3v) is 19.6. The Hall–Kier alpha value is -1.18. The van der Waals surface area contributed by atoms with Crippen molar-refractivity contribution < 1.29 is 114 Å². The Kier molecular flexibility index (Phi) is 15.7. The van der Waals surface area contributed by atoms with Crippen LogP contribution in [0, 0.1) is 46.3 Å². The maximum atomic E-state index is 12.5. The van der Waals surface area contributed by atoms with Crippen LogP contribution in [0.1, 0.15) is 86.0 Å². The molecule has 10 rings (SSSR count). The zero-order valence-corrected chi connectivity index (χ0v) is 42.0. The molecule has 0 amide bonds. The van der Waals surface area contributed by atoms with Crippen LogP contribution in [0.15, 0.2) is 11.6 Å². The lowest BCUT2D eigenvalue weighted by atomic mass is 9.47. The second-order valence-corrected chi connectivity index (χ2v) is 23.7. The van der Waals surface area contributed by atoms with Crippen LogP contribution in [-0.2, 0) is 47.4 Å². The van der Waals surface area contributed by atoms with Gasteiger partial charge in [0, 0.05) is 11.8 Å². The summed E-state index contributed by atoms with van der Waals surface area (Å²) in [5, 5.41) is 139. The third-order valence-electron chi connectivity index (χ3n) is 19.6. The lowest BCUT2D eigenvalue weighted by Gasteiger charge is -2.58. The molecule has 23 nitrogen and oxygen atoms in total. The third kappa shape index (κ3) is 9.31. The van der Waals surface area contributed by atoms with Gasteiger partial charge in [0.2, 0.25) is 0 Å². The van der Waals surface area contributed by atoms with Gasteiger partial charge in [0.25, 0.3) is 0 Å². The maximum Gasteiger partial charge on any atom is 0.195 e. The van der Waals surface area contributed by atoms with E-state index in [-0.39, 0.29) is 34.7 Å². The van der Waals surface area contributed by atoms with Crippen molar-refractivity contribution in [1.82, 2.24) is 0 Å². The molecule has 0 unspecified atom stereocenters. The van der Waals surface area contributed by atoms with E-state index in [0.29, 0.717) is 37.0 Å². The number of aliphatic hydroxyl groups is 13. The average molecular weight is 1050 g/mol. The predicted molar refractivity (Wildman–Crippen MR) is 243 cm³/mol. The molecule has 32 atom stereocenters. The van der Waals surface area contributed by atoms with Crippen LogP contribution in [0.4, 0.5) is 0 Å². The minimum absolute atomic E-state index is 0.0380. The standard InChI is InChI=1S/C50H80O23/c1-18-12-30(69-43(18)72-46-40(62)37(59)34(56)28(15-51)67-46)50(63)19(2)31-27(73-50)14-25-23-7-6-21-13-22(8-10-48(21,4)24(23)9-11-49(25,31)5)66-47-42(71-45-39(61)36(58)32(54)20(3)65-45)41(35(57)29(16-52)68-47)70-44-38(60)33(55)26(53)17-64-44/h6,18-20,22-47,51-63H,7-17H2,1-5H3/t18-,19+,20+,22+,23-,24+,25+,26-,27+,28-,29-,30-,31+,32+,33+,34-,35-,36-,37+,38-,39-,40-,41+,42-,43+,44+,45+,46+,47-,48+,49+,50+/m1/s1. The molecule has 0 aromatic heterocycles. The van der Waals surface area contributed by atoms with Gasteiger partial charge >= 0.3 is 0 Å². The van der Waals surface area contributed by atoms with E-state index >= 15 is 0 Å². The van der Waals surface area contributed by atoms with Crippen molar-refractivity contribution in [3.8, 4) is 0 Å². The minimum Gasteiger partial charge on any atom is -0.394 e. The second-order valence-electron chi connectivity index (χ2n) is 23.7.